The van der Waals surface area contributed by atoms with Gasteiger partial charge in [-0.1, -0.05) is 5.16 Å². The van der Waals surface area contributed by atoms with E-state index in [9.17, 15) is 34.8 Å². The molecule has 15 heteroatoms. The zero-order chi connectivity index (χ0) is 25.6. The molecule has 0 aliphatic carbocycles. The van der Waals surface area contributed by atoms with Gasteiger partial charge in [-0.2, -0.15) is 26.3 Å². The van der Waals surface area contributed by atoms with Crippen LogP contribution in [-0.2, 0) is 22.4 Å². The van der Waals surface area contributed by atoms with Crippen molar-refractivity contribution in [2.45, 2.75) is 29.1 Å². The molecule has 1 saturated heterocycles. The van der Waals surface area contributed by atoms with E-state index in [2.05, 4.69) is 14.4 Å². The van der Waals surface area contributed by atoms with E-state index < -0.39 is 45.6 Å². The number of hydrogen-bond donors (Lipinski definition) is 1. The van der Waals surface area contributed by atoms with Gasteiger partial charge in [-0.05, 0) is 37.7 Å². The van der Waals surface area contributed by atoms with Crippen molar-refractivity contribution < 1.29 is 44.0 Å². The van der Waals surface area contributed by atoms with Crippen LogP contribution in [0.3, 0.4) is 0 Å². The summed E-state index contributed by atoms with van der Waals surface area (Å²) in [6, 6.07) is 5.65. The minimum Gasteiger partial charge on any atom is -0.488 e. The molecule has 4 rings (SSSR count). The van der Waals surface area contributed by atoms with E-state index in [1.807, 2.05) is 4.90 Å². The third-order valence-electron chi connectivity index (χ3n) is 5.07. The Bertz CT molecular complexity index is 1320. The number of benzene rings is 1. The minimum atomic E-state index is -4.75. The van der Waals surface area contributed by atoms with E-state index in [0.29, 0.717) is 36.9 Å². The molecule has 0 bridgehead atoms. The van der Waals surface area contributed by atoms with Crippen LogP contribution in [0.15, 0.2) is 45.1 Å². The highest BCUT2D eigenvalue weighted by molar-refractivity contribution is 7.94. The molecule has 0 amide bonds. The Hall–Kier alpha value is -2.78. The molecule has 35 heavy (non-hydrogen) atoms. The number of ether oxygens (including phenoxy) is 1. The monoisotopic (exact) mass is 541 g/mol. The van der Waals surface area contributed by atoms with Crippen molar-refractivity contribution >= 4 is 27.0 Å². The lowest BCUT2D eigenvalue weighted by Crippen LogP contribution is -2.23. The highest BCUT2D eigenvalue weighted by atomic mass is 32.2. The zero-order valence-corrected chi connectivity index (χ0v) is 19.4. The second kappa shape index (κ2) is 9.02. The van der Waals surface area contributed by atoms with Crippen LogP contribution in [-0.4, -0.2) is 44.7 Å². The molecule has 7 nitrogen and oxygen atoms in total. The second-order valence-electron chi connectivity index (χ2n) is 7.80. The van der Waals surface area contributed by atoms with E-state index in [-0.39, 0.29) is 20.5 Å². The number of likely N-dealkylation sites (N-methyl/N-ethyl adjacent to an activating group) is 1. The first-order chi connectivity index (χ1) is 16.2. The lowest BCUT2D eigenvalue weighted by atomic mass is 10.1. The van der Waals surface area contributed by atoms with Gasteiger partial charge < -0.3 is 14.2 Å². The largest absolute Gasteiger partial charge is 0.488 e. The lowest BCUT2D eigenvalue weighted by molar-refractivity contribution is -0.155. The number of likely N-dealkylation sites (tertiary alicyclic amines) is 1. The van der Waals surface area contributed by atoms with E-state index in [1.165, 1.54) is 6.07 Å². The SMILES string of the molecule is CN1CC[C@H](Oc2cc(NS(=O)(=O)c3ccc(-c4cc(C(F)(F)F)on4)s3)ccc2C(F)(F)F)C1. The number of aromatic nitrogens is 1. The van der Waals surface area contributed by atoms with Gasteiger partial charge in [0.1, 0.15) is 21.8 Å². The Kier molecular flexibility index (Phi) is 6.53. The molecule has 0 radical (unpaired) electrons. The van der Waals surface area contributed by atoms with Crippen molar-refractivity contribution in [1.82, 2.24) is 10.1 Å². The van der Waals surface area contributed by atoms with E-state index in [1.54, 1.807) is 7.05 Å². The summed E-state index contributed by atoms with van der Waals surface area (Å²) < 4.78 is 116. The molecular formula is C20H17F6N3O4S2. The summed E-state index contributed by atoms with van der Waals surface area (Å²) in [6.07, 6.45) is -9.45. The normalized spacial score (nSPS) is 17.6. The Morgan fingerprint density at radius 2 is 1.86 bits per heavy atom. The van der Waals surface area contributed by atoms with Gasteiger partial charge >= 0.3 is 12.4 Å². The molecule has 190 valence electrons. The van der Waals surface area contributed by atoms with Crippen LogP contribution in [0.25, 0.3) is 10.6 Å². The minimum absolute atomic E-state index is 0.0893. The molecule has 0 saturated carbocycles. The molecule has 1 aromatic carbocycles. The first-order valence-corrected chi connectivity index (χ1v) is 12.3. The number of halogens is 6. The standard InChI is InChI=1S/C20H17F6N3O4S2/c1-29-7-6-12(10-29)32-15-8-11(2-3-13(15)19(21,22)23)28-35(30,31)18-5-4-16(34-18)14-9-17(33-27-14)20(24,25)26/h2-5,8-9,12,28H,6-7,10H2,1H3/t12-/m0/s1. The third kappa shape index (κ3) is 5.73. The third-order valence-corrected chi connectivity index (χ3v) is 8.05. The Labute approximate surface area is 199 Å². The maximum Gasteiger partial charge on any atom is 0.452 e. The molecular weight excluding hydrogens is 524 g/mol. The Morgan fingerprint density at radius 1 is 1.11 bits per heavy atom. The highest BCUT2D eigenvalue weighted by Gasteiger charge is 2.37. The topological polar surface area (TPSA) is 84.7 Å². The molecule has 3 heterocycles. The summed E-state index contributed by atoms with van der Waals surface area (Å²) in [5.41, 5.74) is -1.43. The fourth-order valence-electron chi connectivity index (χ4n) is 3.42. The molecule has 2 aromatic heterocycles. The van der Waals surface area contributed by atoms with Crippen LogP contribution >= 0.6 is 11.3 Å². The van der Waals surface area contributed by atoms with Crippen molar-refractivity contribution in [3.05, 3.63) is 47.7 Å². The first-order valence-electron chi connectivity index (χ1n) is 9.96. The van der Waals surface area contributed by atoms with Crippen molar-refractivity contribution in [2.24, 2.45) is 0 Å². The van der Waals surface area contributed by atoms with Gasteiger partial charge in [0.15, 0.2) is 0 Å². The van der Waals surface area contributed by atoms with Gasteiger partial charge in [0.25, 0.3) is 10.0 Å². The van der Waals surface area contributed by atoms with Crippen molar-refractivity contribution in [3.8, 4) is 16.3 Å². The summed E-state index contributed by atoms with van der Waals surface area (Å²) in [7, 11) is -2.48. The molecule has 1 N–H and O–H groups in total. The van der Waals surface area contributed by atoms with Gasteiger partial charge in [-0.25, -0.2) is 8.42 Å². The zero-order valence-electron chi connectivity index (χ0n) is 17.8. The average molecular weight is 541 g/mol. The number of rotatable bonds is 6. The number of thiophene rings is 1. The van der Waals surface area contributed by atoms with Gasteiger partial charge in [0.2, 0.25) is 5.76 Å². The summed E-state index contributed by atoms with van der Waals surface area (Å²) >= 11 is 0.617. The van der Waals surface area contributed by atoms with Crippen LogP contribution in [0.5, 0.6) is 5.75 Å². The summed E-state index contributed by atoms with van der Waals surface area (Å²) in [6.45, 7) is 1.07. The molecule has 1 aliphatic rings. The fourth-order valence-corrected chi connectivity index (χ4v) is 5.73. The predicted octanol–water partition coefficient (Wildman–Crippen LogP) is 5.32. The van der Waals surface area contributed by atoms with E-state index in [4.69, 9.17) is 4.74 Å². The molecule has 3 aromatic rings. The molecule has 1 fully saturated rings. The van der Waals surface area contributed by atoms with Crippen LogP contribution in [0.2, 0.25) is 0 Å². The average Bonchev–Trinajstić information content (AvgIpc) is 3.47. The van der Waals surface area contributed by atoms with Gasteiger partial charge in [-0.3, -0.25) is 4.72 Å². The van der Waals surface area contributed by atoms with Gasteiger partial charge in [-0.15, -0.1) is 11.3 Å². The fraction of sp³-hybridized carbons (Fsp3) is 0.350. The molecule has 1 atom stereocenters. The maximum atomic E-state index is 13.5. The van der Waals surface area contributed by atoms with E-state index >= 15 is 0 Å². The van der Waals surface area contributed by atoms with Crippen molar-refractivity contribution in [2.75, 3.05) is 24.9 Å². The molecule has 1 aliphatic heterocycles. The number of anilines is 1. The quantitative estimate of drug-likeness (QED) is 0.425. The second-order valence-corrected chi connectivity index (χ2v) is 10.8. The number of hydrogen-bond acceptors (Lipinski definition) is 7. The van der Waals surface area contributed by atoms with Crippen LogP contribution in [0, 0.1) is 0 Å². The molecule has 0 spiro atoms. The lowest BCUT2D eigenvalue weighted by Gasteiger charge is -2.19. The van der Waals surface area contributed by atoms with Crippen LogP contribution in [0.1, 0.15) is 17.7 Å². The van der Waals surface area contributed by atoms with Crippen LogP contribution in [0.4, 0.5) is 32.0 Å². The summed E-state index contributed by atoms with van der Waals surface area (Å²) in [5.74, 6) is -1.85. The predicted molar refractivity (Wildman–Crippen MR) is 114 cm³/mol. The summed E-state index contributed by atoms with van der Waals surface area (Å²) in [5, 5.41) is 3.30. The van der Waals surface area contributed by atoms with Crippen LogP contribution < -0.4 is 9.46 Å². The maximum absolute atomic E-state index is 13.5. The smallest absolute Gasteiger partial charge is 0.452 e. The van der Waals surface area contributed by atoms with E-state index in [0.717, 1.165) is 24.3 Å². The highest BCUT2D eigenvalue weighted by Crippen LogP contribution is 2.40. The van der Waals surface area contributed by atoms with Crippen molar-refractivity contribution in [3.63, 3.8) is 0 Å². The number of alkyl halides is 6. The number of nitrogens with zero attached hydrogens (tertiary/aromatic N) is 2. The van der Waals surface area contributed by atoms with Crippen molar-refractivity contribution in [1.29, 1.82) is 0 Å². The van der Waals surface area contributed by atoms with Gasteiger partial charge in [0, 0.05) is 25.2 Å². The molecule has 0 unspecified atom stereocenters. The first kappa shape index (κ1) is 25.3. The Balaban J connectivity index is 1.57. The number of sulfonamides is 1. The van der Waals surface area contributed by atoms with Gasteiger partial charge in [0.05, 0.1) is 16.1 Å². The Morgan fingerprint density at radius 3 is 2.46 bits per heavy atom. The number of nitrogens with one attached hydrogen (secondary N) is 1. The summed E-state index contributed by atoms with van der Waals surface area (Å²) in [4.78, 5) is 1.98.